The van der Waals surface area contributed by atoms with Gasteiger partial charge in [0.2, 0.25) is 5.91 Å². The van der Waals surface area contributed by atoms with E-state index in [2.05, 4.69) is 15.5 Å². The minimum Gasteiger partial charge on any atom is -0.484 e. The molecule has 8 heteroatoms. The van der Waals surface area contributed by atoms with Crippen LogP contribution in [0.3, 0.4) is 0 Å². The van der Waals surface area contributed by atoms with Crippen LogP contribution in [0.5, 0.6) is 5.75 Å². The summed E-state index contributed by atoms with van der Waals surface area (Å²) in [6.07, 6.45) is 0. The van der Waals surface area contributed by atoms with Gasteiger partial charge in [-0.3, -0.25) is 4.79 Å². The van der Waals surface area contributed by atoms with Gasteiger partial charge in [-0.2, -0.15) is 0 Å². The Balaban J connectivity index is 1.48. The molecule has 27 heavy (non-hydrogen) atoms. The Bertz CT molecular complexity index is 945. The quantitative estimate of drug-likeness (QED) is 0.578. The van der Waals surface area contributed by atoms with E-state index in [0.29, 0.717) is 21.8 Å². The van der Waals surface area contributed by atoms with Gasteiger partial charge in [-0.15, -0.1) is 10.2 Å². The summed E-state index contributed by atoms with van der Waals surface area (Å²) in [5, 5.41) is 11.6. The molecular weight excluding hydrogens is 386 g/mol. The highest BCUT2D eigenvalue weighted by Crippen LogP contribution is 2.22. The molecule has 0 aliphatic carbocycles. The zero-order valence-corrected chi connectivity index (χ0v) is 16.4. The van der Waals surface area contributed by atoms with Gasteiger partial charge in [-0.05, 0) is 43.2 Å². The van der Waals surface area contributed by atoms with Crippen LogP contribution in [0, 0.1) is 13.8 Å². The predicted molar refractivity (Wildman–Crippen MR) is 105 cm³/mol. The number of para-hydroxylation sites is 1. The molecule has 3 rings (SSSR count). The van der Waals surface area contributed by atoms with Gasteiger partial charge in [0.05, 0.1) is 5.75 Å². The van der Waals surface area contributed by atoms with Crippen LogP contribution in [0.2, 0.25) is 5.02 Å². The summed E-state index contributed by atoms with van der Waals surface area (Å²) in [6, 6.07) is 13.1. The third-order valence-corrected chi connectivity index (χ3v) is 4.90. The first-order valence-corrected chi connectivity index (χ1v) is 9.57. The molecule has 0 saturated carbocycles. The van der Waals surface area contributed by atoms with Crippen LogP contribution in [0.4, 0.5) is 5.69 Å². The number of halogens is 1. The van der Waals surface area contributed by atoms with Crippen molar-refractivity contribution < 1.29 is 13.9 Å². The number of benzene rings is 2. The van der Waals surface area contributed by atoms with Crippen LogP contribution < -0.4 is 10.1 Å². The Morgan fingerprint density at radius 3 is 2.78 bits per heavy atom. The Morgan fingerprint density at radius 1 is 1.19 bits per heavy atom. The second-order valence-corrected chi connectivity index (χ2v) is 7.15. The molecule has 0 bridgehead atoms. The van der Waals surface area contributed by atoms with Crippen molar-refractivity contribution in [3.8, 4) is 5.75 Å². The fourth-order valence-electron chi connectivity index (χ4n) is 2.21. The summed E-state index contributed by atoms with van der Waals surface area (Å²) in [5.74, 6) is 1.08. The number of aryl methyl sites for hydroxylation is 2. The molecule has 0 aliphatic heterocycles. The first-order chi connectivity index (χ1) is 13.0. The molecule has 6 nitrogen and oxygen atoms in total. The summed E-state index contributed by atoms with van der Waals surface area (Å²) in [5.41, 5.74) is 2.63. The minimum atomic E-state index is -0.184. The van der Waals surface area contributed by atoms with Gasteiger partial charge in [-0.25, -0.2) is 0 Å². The van der Waals surface area contributed by atoms with Crippen LogP contribution in [-0.2, 0) is 11.4 Å². The number of hydrogen-bond donors (Lipinski definition) is 1. The Kier molecular flexibility index (Phi) is 6.36. The third kappa shape index (κ3) is 5.48. The van der Waals surface area contributed by atoms with Crippen molar-refractivity contribution in [2.75, 3.05) is 11.1 Å². The van der Waals surface area contributed by atoms with E-state index >= 15 is 0 Å². The fourth-order valence-corrected chi connectivity index (χ4v) is 2.97. The van der Waals surface area contributed by atoms with Crippen molar-refractivity contribution in [1.82, 2.24) is 10.2 Å². The number of ether oxygens (including phenoxy) is 1. The van der Waals surface area contributed by atoms with Crippen LogP contribution in [0.15, 0.2) is 52.1 Å². The SMILES string of the molecule is Cc1ccc(NC(=O)CSc2nnc(COc3ccccc3C)o2)cc1Cl. The maximum absolute atomic E-state index is 12.0. The van der Waals surface area contributed by atoms with Crippen molar-refractivity contribution in [2.24, 2.45) is 0 Å². The predicted octanol–water partition coefficient (Wildman–Crippen LogP) is 4.65. The molecule has 0 aliphatic rings. The van der Waals surface area contributed by atoms with Crippen LogP contribution in [-0.4, -0.2) is 21.9 Å². The molecule has 0 atom stereocenters. The number of hydrogen-bond acceptors (Lipinski definition) is 6. The largest absolute Gasteiger partial charge is 0.484 e. The molecule has 0 saturated heterocycles. The Morgan fingerprint density at radius 2 is 2.00 bits per heavy atom. The highest BCUT2D eigenvalue weighted by atomic mass is 35.5. The van der Waals surface area contributed by atoms with E-state index in [0.717, 1.165) is 28.6 Å². The maximum atomic E-state index is 12.0. The molecule has 140 valence electrons. The van der Waals surface area contributed by atoms with E-state index in [1.807, 2.05) is 44.2 Å². The van der Waals surface area contributed by atoms with Crippen molar-refractivity contribution in [2.45, 2.75) is 25.7 Å². The van der Waals surface area contributed by atoms with Crippen LogP contribution >= 0.6 is 23.4 Å². The molecule has 1 aromatic heterocycles. The summed E-state index contributed by atoms with van der Waals surface area (Å²) in [7, 11) is 0. The number of anilines is 1. The molecule has 0 spiro atoms. The highest BCUT2D eigenvalue weighted by molar-refractivity contribution is 7.99. The summed E-state index contributed by atoms with van der Waals surface area (Å²) >= 11 is 7.21. The maximum Gasteiger partial charge on any atom is 0.277 e. The zero-order valence-electron chi connectivity index (χ0n) is 14.9. The van der Waals surface area contributed by atoms with E-state index in [-0.39, 0.29) is 18.3 Å². The fraction of sp³-hybridized carbons (Fsp3) is 0.211. The lowest BCUT2D eigenvalue weighted by Crippen LogP contribution is -2.14. The first-order valence-electron chi connectivity index (χ1n) is 8.21. The van der Waals surface area contributed by atoms with E-state index in [9.17, 15) is 4.79 Å². The van der Waals surface area contributed by atoms with E-state index < -0.39 is 0 Å². The molecule has 0 radical (unpaired) electrons. The molecule has 1 N–H and O–H groups in total. The number of carbonyl (C=O) groups is 1. The van der Waals surface area contributed by atoms with E-state index in [4.69, 9.17) is 20.8 Å². The number of nitrogens with zero attached hydrogens (tertiary/aromatic N) is 2. The topological polar surface area (TPSA) is 77.2 Å². The van der Waals surface area contributed by atoms with E-state index in [1.165, 1.54) is 0 Å². The first kappa shape index (κ1) is 19.3. The third-order valence-electron chi connectivity index (χ3n) is 3.68. The van der Waals surface area contributed by atoms with Gasteiger partial charge in [0.25, 0.3) is 11.1 Å². The molecule has 1 heterocycles. The molecular formula is C19H18ClN3O3S. The smallest absolute Gasteiger partial charge is 0.277 e. The van der Waals surface area contributed by atoms with Crippen molar-refractivity contribution >= 4 is 35.0 Å². The summed E-state index contributed by atoms with van der Waals surface area (Å²) in [4.78, 5) is 12.0. The lowest BCUT2D eigenvalue weighted by Gasteiger charge is -2.06. The van der Waals surface area contributed by atoms with Gasteiger partial charge in [-0.1, -0.05) is 47.6 Å². The number of amides is 1. The lowest BCUT2D eigenvalue weighted by atomic mass is 10.2. The van der Waals surface area contributed by atoms with Gasteiger partial charge in [0.1, 0.15) is 5.75 Å². The highest BCUT2D eigenvalue weighted by Gasteiger charge is 2.11. The van der Waals surface area contributed by atoms with Crippen LogP contribution in [0.1, 0.15) is 17.0 Å². The van der Waals surface area contributed by atoms with E-state index in [1.54, 1.807) is 12.1 Å². The Labute approximate surface area is 166 Å². The van der Waals surface area contributed by atoms with Gasteiger partial charge in [0.15, 0.2) is 6.61 Å². The van der Waals surface area contributed by atoms with Crippen molar-refractivity contribution in [1.29, 1.82) is 0 Å². The number of carbonyl (C=O) groups excluding carboxylic acids is 1. The van der Waals surface area contributed by atoms with Gasteiger partial charge in [0, 0.05) is 10.7 Å². The lowest BCUT2D eigenvalue weighted by molar-refractivity contribution is -0.113. The van der Waals surface area contributed by atoms with Gasteiger partial charge >= 0.3 is 0 Å². The number of rotatable bonds is 7. The van der Waals surface area contributed by atoms with Crippen LogP contribution in [0.25, 0.3) is 0 Å². The van der Waals surface area contributed by atoms with Crippen molar-refractivity contribution in [3.05, 3.63) is 64.5 Å². The molecule has 2 aromatic carbocycles. The van der Waals surface area contributed by atoms with Crippen molar-refractivity contribution in [3.63, 3.8) is 0 Å². The monoisotopic (exact) mass is 403 g/mol. The second kappa shape index (κ2) is 8.92. The number of thioether (sulfide) groups is 1. The molecule has 1 amide bonds. The zero-order chi connectivity index (χ0) is 19.2. The standard InChI is InChI=1S/C19H18ClN3O3S/c1-12-7-8-14(9-15(12)20)21-17(24)11-27-19-23-22-18(26-19)10-25-16-6-4-3-5-13(16)2/h3-9H,10-11H2,1-2H3,(H,21,24). The normalized spacial score (nSPS) is 10.6. The average Bonchev–Trinajstić information content (AvgIpc) is 3.10. The number of nitrogens with one attached hydrogen (secondary N) is 1. The Hall–Kier alpha value is -2.51. The minimum absolute atomic E-state index is 0.145. The average molecular weight is 404 g/mol. The molecule has 3 aromatic rings. The number of aromatic nitrogens is 2. The van der Waals surface area contributed by atoms with Gasteiger partial charge < -0.3 is 14.5 Å². The molecule has 0 unspecified atom stereocenters. The second-order valence-electron chi connectivity index (χ2n) is 5.82. The molecule has 0 fully saturated rings. The summed E-state index contributed by atoms with van der Waals surface area (Å²) < 4.78 is 11.2. The summed E-state index contributed by atoms with van der Waals surface area (Å²) in [6.45, 7) is 4.04.